The van der Waals surface area contributed by atoms with Crippen molar-refractivity contribution >= 4 is 37.6 Å². The number of carbonyl (C=O) groups excluding carboxylic acids is 1. The maximum absolute atomic E-state index is 13.3. The van der Waals surface area contributed by atoms with Crippen LogP contribution in [0.3, 0.4) is 0 Å². The zero-order valence-corrected chi connectivity index (χ0v) is 17.4. The number of rotatable bonds is 3. The van der Waals surface area contributed by atoms with Gasteiger partial charge in [0, 0.05) is 22.1 Å². The molecular weight excluding hydrogens is 430 g/mol. The predicted octanol–water partition coefficient (Wildman–Crippen LogP) is 2.09. The quantitative estimate of drug-likeness (QED) is 0.496. The van der Waals surface area contributed by atoms with E-state index in [2.05, 4.69) is 4.98 Å². The molecule has 0 unspecified atom stereocenters. The molecule has 0 spiro atoms. The molecule has 0 saturated heterocycles. The molecule has 1 aliphatic rings. The van der Waals surface area contributed by atoms with Crippen LogP contribution in [-0.4, -0.2) is 29.6 Å². The number of nitrogens with one attached hydrogen (secondary N) is 1. The Kier molecular flexibility index (Phi) is 4.38. The summed E-state index contributed by atoms with van der Waals surface area (Å²) in [5, 5.41) is 2.34. The lowest BCUT2D eigenvalue weighted by Gasteiger charge is -2.19. The van der Waals surface area contributed by atoms with Crippen LogP contribution in [0.25, 0.3) is 32.9 Å². The second kappa shape index (κ2) is 7.03. The van der Waals surface area contributed by atoms with E-state index in [0.717, 1.165) is 10.8 Å². The summed E-state index contributed by atoms with van der Waals surface area (Å²) in [7, 11) is -3.50. The number of allylic oxidation sites excluding steroid dienone is 1. The van der Waals surface area contributed by atoms with Gasteiger partial charge in [-0.3, -0.25) is 19.0 Å². The first-order chi connectivity index (χ1) is 15.2. The number of para-hydroxylation sites is 2. The number of benzene rings is 2. The summed E-state index contributed by atoms with van der Waals surface area (Å²) in [6.45, 7) is 0. The first kappa shape index (κ1) is 20.0. The molecule has 1 amide bonds. The summed E-state index contributed by atoms with van der Waals surface area (Å²) in [6.07, 6.45) is 1.41. The van der Waals surface area contributed by atoms with Gasteiger partial charge in [0.15, 0.2) is 9.84 Å². The van der Waals surface area contributed by atoms with E-state index in [1.54, 1.807) is 30.3 Å². The van der Waals surface area contributed by atoms with E-state index < -0.39 is 27.3 Å². The third kappa shape index (κ3) is 3.14. The van der Waals surface area contributed by atoms with Crippen molar-refractivity contribution in [1.82, 2.24) is 9.55 Å². The summed E-state index contributed by atoms with van der Waals surface area (Å²) < 4.78 is 25.4. The summed E-state index contributed by atoms with van der Waals surface area (Å²) in [4.78, 5) is 41.0. The molecule has 1 atom stereocenters. The summed E-state index contributed by atoms with van der Waals surface area (Å²) >= 11 is 0. The van der Waals surface area contributed by atoms with E-state index >= 15 is 0 Å². The topological polar surface area (TPSA) is 132 Å². The average Bonchev–Trinajstić information content (AvgIpc) is 3.11. The summed E-state index contributed by atoms with van der Waals surface area (Å²) in [6, 6.07) is 14.6. The molecule has 160 valence electrons. The minimum atomic E-state index is -3.50. The largest absolute Gasteiger partial charge is 0.365 e. The Morgan fingerprint density at radius 2 is 1.75 bits per heavy atom. The molecular formula is C23H17N3O5S. The van der Waals surface area contributed by atoms with Crippen LogP contribution in [0.2, 0.25) is 0 Å². The minimum absolute atomic E-state index is 0.250. The van der Waals surface area contributed by atoms with Crippen LogP contribution >= 0.6 is 0 Å². The van der Waals surface area contributed by atoms with Crippen molar-refractivity contribution in [2.45, 2.75) is 6.04 Å². The van der Waals surface area contributed by atoms with Gasteiger partial charge in [0.25, 0.3) is 17.0 Å². The molecule has 0 aliphatic carbocycles. The van der Waals surface area contributed by atoms with Gasteiger partial charge in [-0.2, -0.15) is 0 Å². The average molecular weight is 447 g/mol. The zero-order valence-electron chi connectivity index (χ0n) is 16.6. The Morgan fingerprint density at radius 1 is 1.00 bits per heavy atom. The normalized spacial score (nSPS) is 17.2. The third-order valence-electron chi connectivity index (χ3n) is 5.61. The number of H-pyrrole nitrogens is 1. The second-order valence-electron chi connectivity index (χ2n) is 7.67. The van der Waals surface area contributed by atoms with Crippen LogP contribution in [0, 0.1) is 0 Å². The minimum Gasteiger partial charge on any atom is -0.365 e. The van der Waals surface area contributed by atoms with Gasteiger partial charge in [-0.05, 0) is 35.0 Å². The third-order valence-corrected chi connectivity index (χ3v) is 6.99. The molecule has 3 N–H and O–H groups in total. The van der Waals surface area contributed by atoms with Crippen molar-refractivity contribution in [3.8, 4) is 11.1 Å². The van der Waals surface area contributed by atoms with Crippen LogP contribution in [0.15, 0.2) is 75.7 Å². The lowest BCUT2D eigenvalue weighted by molar-refractivity contribution is 0.0998. The lowest BCUT2D eigenvalue weighted by atomic mass is 9.99. The highest BCUT2D eigenvalue weighted by molar-refractivity contribution is 7.94. The molecule has 32 heavy (non-hydrogen) atoms. The highest BCUT2D eigenvalue weighted by Gasteiger charge is 2.28. The van der Waals surface area contributed by atoms with Gasteiger partial charge in [-0.15, -0.1) is 0 Å². The monoisotopic (exact) mass is 447 g/mol. The van der Waals surface area contributed by atoms with Crippen LogP contribution in [0.1, 0.15) is 16.4 Å². The van der Waals surface area contributed by atoms with Gasteiger partial charge in [0.05, 0.1) is 17.3 Å². The molecule has 0 saturated carbocycles. The van der Waals surface area contributed by atoms with Crippen molar-refractivity contribution in [3.05, 3.63) is 92.4 Å². The van der Waals surface area contributed by atoms with Crippen molar-refractivity contribution in [3.63, 3.8) is 0 Å². The number of carbonyl (C=O) groups is 1. The number of aromatic nitrogens is 2. The number of primary amides is 1. The Balaban J connectivity index is 1.91. The molecule has 4 aromatic rings. The molecule has 9 heteroatoms. The van der Waals surface area contributed by atoms with Gasteiger partial charge in [-0.1, -0.05) is 36.4 Å². The number of hydrogen-bond donors (Lipinski definition) is 2. The Morgan fingerprint density at radius 3 is 2.47 bits per heavy atom. The van der Waals surface area contributed by atoms with Crippen molar-refractivity contribution < 1.29 is 13.2 Å². The standard InChI is InChI=1S/C23H17N3O5S/c24-21(27)18-11-14-5-3-6-16(17-10-13-4-1-2-7-19(13)25-22(17)28)20(14)26(23(18)29)15-8-9-32(30,31)12-15/h1-11,15H,12H2,(H2,24,27)(H,25,28)/t15-/m1/s1. The van der Waals surface area contributed by atoms with E-state index in [9.17, 15) is 22.8 Å². The fraction of sp³-hybridized carbons (Fsp3) is 0.0870. The SMILES string of the molecule is NC(=O)c1cc2cccc(-c3cc4ccccc4[nH]c3=O)c2n([C@@H]2C=CS(=O)(=O)C2)c1=O. The molecule has 0 fully saturated rings. The van der Waals surface area contributed by atoms with E-state index in [-0.39, 0.29) is 16.9 Å². The fourth-order valence-electron chi connectivity index (χ4n) is 4.17. The Bertz CT molecular complexity index is 1700. The zero-order chi connectivity index (χ0) is 22.6. The van der Waals surface area contributed by atoms with Gasteiger partial charge in [0.1, 0.15) is 5.56 Å². The number of nitrogens with two attached hydrogens (primary N) is 1. The van der Waals surface area contributed by atoms with Crippen LogP contribution in [-0.2, 0) is 9.84 Å². The first-order valence-electron chi connectivity index (χ1n) is 9.77. The summed E-state index contributed by atoms with van der Waals surface area (Å²) in [5.74, 6) is -1.24. The molecule has 8 nitrogen and oxygen atoms in total. The number of nitrogens with zero attached hydrogens (tertiary/aromatic N) is 1. The molecule has 0 radical (unpaired) electrons. The molecule has 3 heterocycles. The van der Waals surface area contributed by atoms with Crippen LogP contribution < -0.4 is 16.9 Å². The first-order valence-corrected chi connectivity index (χ1v) is 11.5. The Hall–Kier alpha value is -3.98. The van der Waals surface area contributed by atoms with E-state index in [1.165, 1.54) is 16.7 Å². The maximum Gasteiger partial charge on any atom is 0.264 e. The van der Waals surface area contributed by atoms with E-state index in [0.29, 0.717) is 27.5 Å². The van der Waals surface area contributed by atoms with E-state index in [4.69, 9.17) is 5.73 Å². The Labute approximate surface area is 181 Å². The van der Waals surface area contributed by atoms with Crippen LogP contribution in [0.4, 0.5) is 0 Å². The molecule has 2 aromatic carbocycles. The molecule has 2 aromatic heterocycles. The van der Waals surface area contributed by atoms with Crippen molar-refractivity contribution in [2.24, 2.45) is 5.73 Å². The van der Waals surface area contributed by atoms with Gasteiger partial charge < -0.3 is 10.7 Å². The number of hydrogen-bond acceptors (Lipinski definition) is 5. The van der Waals surface area contributed by atoms with Gasteiger partial charge >= 0.3 is 0 Å². The number of fused-ring (bicyclic) bond motifs is 2. The lowest BCUT2D eigenvalue weighted by Crippen LogP contribution is -2.33. The number of sulfone groups is 1. The molecule has 0 bridgehead atoms. The fourth-order valence-corrected chi connectivity index (χ4v) is 5.44. The highest BCUT2D eigenvalue weighted by Crippen LogP contribution is 2.31. The van der Waals surface area contributed by atoms with Crippen molar-refractivity contribution in [2.75, 3.05) is 5.75 Å². The maximum atomic E-state index is 13.3. The van der Waals surface area contributed by atoms with E-state index in [1.807, 2.05) is 18.2 Å². The molecule has 5 rings (SSSR count). The van der Waals surface area contributed by atoms with Crippen LogP contribution in [0.5, 0.6) is 0 Å². The summed E-state index contributed by atoms with van der Waals surface area (Å²) in [5.41, 5.74) is 5.89. The highest BCUT2D eigenvalue weighted by atomic mass is 32.2. The molecule has 1 aliphatic heterocycles. The predicted molar refractivity (Wildman–Crippen MR) is 122 cm³/mol. The van der Waals surface area contributed by atoms with Crippen molar-refractivity contribution in [1.29, 1.82) is 0 Å². The number of pyridine rings is 2. The van der Waals surface area contributed by atoms with Gasteiger partial charge in [0.2, 0.25) is 0 Å². The number of aromatic amines is 1. The second-order valence-corrected chi connectivity index (χ2v) is 9.60. The van der Waals surface area contributed by atoms with Gasteiger partial charge in [-0.25, -0.2) is 8.42 Å². The smallest absolute Gasteiger partial charge is 0.264 e. The number of amides is 1.